The first-order valence-corrected chi connectivity index (χ1v) is 9.06. The van der Waals surface area contributed by atoms with Crippen LogP contribution < -0.4 is 15.5 Å². The molecule has 1 unspecified atom stereocenters. The summed E-state index contributed by atoms with van der Waals surface area (Å²) in [6.45, 7) is 1.33. The zero-order chi connectivity index (χ0) is 19.2. The maximum atomic E-state index is 12.1. The number of fused-ring (bicyclic) bond motifs is 1. The third-order valence-corrected chi connectivity index (χ3v) is 4.90. The Kier molecular flexibility index (Phi) is 5.87. The van der Waals surface area contributed by atoms with Gasteiger partial charge in [0.2, 0.25) is 11.8 Å². The number of rotatable bonds is 5. The van der Waals surface area contributed by atoms with Crippen molar-refractivity contribution in [1.29, 1.82) is 0 Å². The van der Waals surface area contributed by atoms with Crippen LogP contribution >= 0.6 is 11.8 Å². The molecule has 0 saturated heterocycles. The van der Waals surface area contributed by atoms with E-state index in [0.29, 0.717) is 5.75 Å². The molecule has 1 atom stereocenters. The molecule has 2 aromatic carbocycles. The van der Waals surface area contributed by atoms with Crippen molar-refractivity contribution in [3.05, 3.63) is 54.1 Å². The van der Waals surface area contributed by atoms with E-state index in [1.165, 1.54) is 24.9 Å². The molecule has 0 spiro atoms. The Morgan fingerprint density at radius 3 is 2.70 bits per heavy atom. The van der Waals surface area contributed by atoms with Crippen LogP contribution in [-0.2, 0) is 14.4 Å². The van der Waals surface area contributed by atoms with Crippen molar-refractivity contribution in [3.63, 3.8) is 0 Å². The summed E-state index contributed by atoms with van der Waals surface area (Å²) in [5.41, 5.74) is 3.91. The standard InChI is InChI=1S/C19H17N3O4S/c1-12(23)26-14-8-6-13(7-9-14)11-20-22-18(24)10-17-19(25)21-15-4-2-3-5-16(15)27-17/h2-9,11,17H,10H2,1H3,(H,21,25)(H,22,24). The summed E-state index contributed by atoms with van der Waals surface area (Å²) in [4.78, 5) is 36.0. The van der Waals surface area contributed by atoms with E-state index < -0.39 is 11.2 Å². The first-order chi connectivity index (χ1) is 13.0. The number of carbonyl (C=O) groups excluding carboxylic acids is 3. The van der Waals surface area contributed by atoms with E-state index in [1.54, 1.807) is 24.3 Å². The predicted molar refractivity (Wildman–Crippen MR) is 103 cm³/mol. The Bertz CT molecular complexity index is 896. The van der Waals surface area contributed by atoms with Gasteiger partial charge < -0.3 is 10.1 Å². The Balaban J connectivity index is 1.51. The number of esters is 1. The van der Waals surface area contributed by atoms with Gasteiger partial charge in [-0.25, -0.2) is 5.43 Å². The van der Waals surface area contributed by atoms with Crippen LogP contribution in [0, 0.1) is 0 Å². The van der Waals surface area contributed by atoms with Gasteiger partial charge in [-0.2, -0.15) is 5.10 Å². The van der Waals surface area contributed by atoms with Gasteiger partial charge >= 0.3 is 5.97 Å². The molecule has 2 aromatic rings. The number of hydrazone groups is 1. The zero-order valence-electron chi connectivity index (χ0n) is 14.5. The van der Waals surface area contributed by atoms with Gasteiger partial charge in [0.15, 0.2) is 0 Å². The van der Waals surface area contributed by atoms with E-state index in [9.17, 15) is 14.4 Å². The van der Waals surface area contributed by atoms with Gasteiger partial charge in [0.05, 0.1) is 17.2 Å². The second-order valence-corrected chi connectivity index (χ2v) is 7.00. The number of hydrogen-bond donors (Lipinski definition) is 2. The molecule has 1 heterocycles. The molecular formula is C19H17N3O4S. The molecule has 2 N–H and O–H groups in total. The van der Waals surface area contributed by atoms with E-state index >= 15 is 0 Å². The highest BCUT2D eigenvalue weighted by molar-refractivity contribution is 8.01. The van der Waals surface area contributed by atoms with Crippen LogP contribution in [-0.4, -0.2) is 29.2 Å². The number of benzene rings is 2. The van der Waals surface area contributed by atoms with Crippen molar-refractivity contribution in [2.75, 3.05) is 5.32 Å². The summed E-state index contributed by atoms with van der Waals surface area (Å²) in [5, 5.41) is 6.19. The third-order valence-electron chi connectivity index (χ3n) is 3.62. The molecule has 1 aliphatic heterocycles. The lowest BCUT2D eigenvalue weighted by Gasteiger charge is -2.23. The van der Waals surface area contributed by atoms with Gasteiger partial charge in [0.25, 0.3) is 0 Å². The monoisotopic (exact) mass is 383 g/mol. The molecule has 0 fully saturated rings. The van der Waals surface area contributed by atoms with Gasteiger partial charge in [-0.05, 0) is 42.0 Å². The number of nitrogens with one attached hydrogen (secondary N) is 2. The zero-order valence-corrected chi connectivity index (χ0v) is 15.3. The van der Waals surface area contributed by atoms with Crippen LogP contribution in [0.4, 0.5) is 5.69 Å². The Labute approximate surface area is 160 Å². The predicted octanol–water partition coefficient (Wildman–Crippen LogP) is 2.57. The number of thioether (sulfide) groups is 1. The van der Waals surface area contributed by atoms with Gasteiger partial charge in [0, 0.05) is 18.2 Å². The summed E-state index contributed by atoms with van der Waals surface area (Å²) in [5.74, 6) is -0.506. The fraction of sp³-hybridized carbons (Fsp3) is 0.158. The molecule has 0 aromatic heterocycles. The normalized spacial score (nSPS) is 15.7. The molecular weight excluding hydrogens is 366 g/mol. The van der Waals surface area contributed by atoms with Crippen molar-refractivity contribution in [3.8, 4) is 5.75 Å². The largest absolute Gasteiger partial charge is 0.427 e. The highest BCUT2D eigenvalue weighted by atomic mass is 32.2. The first kappa shape index (κ1) is 18.7. The topological polar surface area (TPSA) is 96.9 Å². The van der Waals surface area contributed by atoms with Crippen LogP contribution in [0.2, 0.25) is 0 Å². The number of nitrogens with zero attached hydrogens (tertiary/aromatic N) is 1. The minimum atomic E-state index is -0.502. The fourth-order valence-corrected chi connectivity index (χ4v) is 3.52. The number of hydrogen-bond acceptors (Lipinski definition) is 6. The maximum absolute atomic E-state index is 12.1. The average Bonchev–Trinajstić information content (AvgIpc) is 2.63. The molecule has 0 aliphatic carbocycles. The highest BCUT2D eigenvalue weighted by Crippen LogP contribution is 2.36. The Hall–Kier alpha value is -3.13. The Morgan fingerprint density at radius 1 is 1.22 bits per heavy atom. The van der Waals surface area contributed by atoms with Crippen LogP contribution in [0.1, 0.15) is 18.9 Å². The summed E-state index contributed by atoms with van der Waals surface area (Å²) >= 11 is 1.36. The summed E-state index contributed by atoms with van der Waals surface area (Å²) in [6, 6.07) is 14.1. The van der Waals surface area contributed by atoms with Crippen molar-refractivity contribution >= 4 is 41.4 Å². The molecule has 3 rings (SSSR count). The molecule has 138 valence electrons. The number of para-hydroxylation sites is 1. The second kappa shape index (κ2) is 8.50. The number of amides is 2. The van der Waals surface area contributed by atoms with E-state index in [0.717, 1.165) is 16.1 Å². The Morgan fingerprint density at radius 2 is 1.96 bits per heavy atom. The first-order valence-electron chi connectivity index (χ1n) is 8.18. The van der Waals surface area contributed by atoms with E-state index in [2.05, 4.69) is 15.8 Å². The summed E-state index contributed by atoms with van der Waals surface area (Å²) < 4.78 is 4.94. The smallest absolute Gasteiger partial charge is 0.308 e. The second-order valence-electron chi connectivity index (χ2n) is 5.75. The molecule has 0 bridgehead atoms. The van der Waals surface area contributed by atoms with Gasteiger partial charge in [-0.3, -0.25) is 14.4 Å². The highest BCUT2D eigenvalue weighted by Gasteiger charge is 2.28. The van der Waals surface area contributed by atoms with E-state index in [-0.39, 0.29) is 18.2 Å². The van der Waals surface area contributed by atoms with E-state index in [4.69, 9.17) is 4.74 Å². The van der Waals surface area contributed by atoms with Crippen LogP contribution in [0.15, 0.2) is 58.5 Å². The van der Waals surface area contributed by atoms with Gasteiger partial charge in [-0.15, -0.1) is 11.8 Å². The molecule has 0 radical (unpaired) electrons. The van der Waals surface area contributed by atoms with Crippen LogP contribution in [0.25, 0.3) is 0 Å². The lowest BCUT2D eigenvalue weighted by Crippen LogP contribution is -2.33. The fourth-order valence-electron chi connectivity index (χ4n) is 2.41. The van der Waals surface area contributed by atoms with Crippen molar-refractivity contribution in [2.24, 2.45) is 5.10 Å². The molecule has 1 aliphatic rings. The van der Waals surface area contributed by atoms with Gasteiger partial charge in [0.1, 0.15) is 5.75 Å². The van der Waals surface area contributed by atoms with Crippen molar-refractivity contribution in [1.82, 2.24) is 5.43 Å². The number of ether oxygens (including phenoxy) is 1. The quantitative estimate of drug-likeness (QED) is 0.358. The number of carbonyl (C=O) groups is 3. The summed E-state index contributed by atoms with van der Waals surface area (Å²) in [6.07, 6.45) is 1.49. The maximum Gasteiger partial charge on any atom is 0.308 e. The molecule has 7 nitrogen and oxygen atoms in total. The number of anilines is 1. The SMILES string of the molecule is CC(=O)Oc1ccc(C=NNC(=O)CC2Sc3ccccc3NC2=O)cc1. The van der Waals surface area contributed by atoms with Crippen molar-refractivity contribution in [2.45, 2.75) is 23.5 Å². The minimum absolute atomic E-state index is 0.0214. The van der Waals surface area contributed by atoms with Crippen LogP contribution in [0.3, 0.4) is 0 Å². The lowest BCUT2D eigenvalue weighted by atomic mass is 10.2. The molecule has 27 heavy (non-hydrogen) atoms. The van der Waals surface area contributed by atoms with E-state index in [1.807, 2.05) is 24.3 Å². The summed E-state index contributed by atoms with van der Waals surface area (Å²) in [7, 11) is 0. The van der Waals surface area contributed by atoms with Crippen molar-refractivity contribution < 1.29 is 19.1 Å². The lowest BCUT2D eigenvalue weighted by molar-refractivity contribution is -0.131. The third kappa shape index (κ3) is 5.18. The minimum Gasteiger partial charge on any atom is -0.427 e. The molecule has 8 heteroatoms. The van der Waals surface area contributed by atoms with Crippen LogP contribution in [0.5, 0.6) is 5.75 Å². The molecule has 2 amide bonds. The molecule has 0 saturated carbocycles. The van der Waals surface area contributed by atoms with Gasteiger partial charge in [-0.1, -0.05) is 12.1 Å². The average molecular weight is 383 g/mol.